The minimum Gasteiger partial charge on any atom is -0.465 e. The van der Waals surface area contributed by atoms with Crippen molar-refractivity contribution in [2.45, 2.75) is 0 Å². The first-order chi connectivity index (χ1) is 8.17. The second kappa shape index (κ2) is 6.30. The molecule has 90 valence electrons. The number of hydrogen-bond donors (Lipinski definition) is 3. The van der Waals surface area contributed by atoms with Gasteiger partial charge < -0.3 is 15.2 Å². The number of anilines is 2. The fourth-order valence-corrected chi connectivity index (χ4v) is 1.16. The van der Waals surface area contributed by atoms with Crippen molar-refractivity contribution in [3.63, 3.8) is 0 Å². The topological polar surface area (TPSA) is 107 Å². The molecule has 0 saturated carbocycles. The van der Waals surface area contributed by atoms with E-state index in [0.29, 0.717) is 24.4 Å². The van der Waals surface area contributed by atoms with Crippen molar-refractivity contribution in [1.29, 1.82) is 5.26 Å². The maximum Gasteiger partial charge on any atom is 0.410 e. The second-order valence-electron chi connectivity index (χ2n) is 3.08. The Bertz CT molecular complexity index is 442. The highest BCUT2D eigenvalue weighted by Gasteiger charge is 2.06. The lowest BCUT2D eigenvalue weighted by atomic mass is 10.2. The van der Waals surface area contributed by atoms with Crippen molar-refractivity contribution in [2.75, 3.05) is 30.9 Å². The van der Waals surface area contributed by atoms with Crippen LogP contribution in [0.4, 0.5) is 16.3 Å². The molecule has 3 N–H and O–H groups in total. The highest BCUT2D eigenvalue weighted by molar-refractivity contribution is 5.82. The Morgan fingerprint density at radius 1 is 1.71 bits per heavy atom. The van der Waals surface area contributed by atoms with Gasteiger partial charge >= 0.3 is 6.09 Å². The van der Waals surface area contributed by atoms with Crippen LogP contribution in [-0.4, -0.2) is 36.4 Å². The number of nitrogens with zero attached hydrogens (tertiary/aromatic N) is 2. The zero-order valence-corrected chi connectivity index (χ0v) is 9.23. The fourth-order valence-electron chi connectivity index (χ4n) is 1.16. The number of nitriles is 1. The van der Waals surface area contributed by atoms with E-state index in [1.807, 2.05) is 6.07 Å². The first-order valence-corrected chi connectivity index (χ1v) is 4.80. The predicted octanol–water partition coefficient (Wildman–Crippen LogP) is 1.10. The van der Waals surface area contributed by atoms with Crippen molar-refractivity contribution in [3.8, 4) is 6.07 Å². The first-order valence-electron chi connectivity index (χ1n) is 4.80. The molecule has 0 bridgehead atoms. The molecule has 0 aromatic carbocycles. The van der Waals surface area contributed by atoms with Gasteiger partial charge in [-0.3, -0.25) is 5.32 Å². The molecule has 7 nitrogen and oxygen atoms in total. The highest BCUT2D eigenvalue weighted by Crippen LogP contribution is 2.17. The zero-order chi connectivity index (χ0) is 12.7. The van der Waals surface area contributed by atoms with Crippen molar-refractivity contribution >= 4 is 17.6 Å². The molecule has 0 fully saturated rings. The van der Waals surface area contributed by atoms with Crippen molar-refractivity contribution in [3.05, 3.63) is 17.8 Å². The van der Waals surface area contributed by atoms with Crippen molar-refractivity contribution in [2.24, 2.45) is 0 Å². The summed E-state index contributed by atoms with van der Waals surface area (Å²) in [6.45, 7) is 0.997. The number of carboxylic acid groups (broad SMARTS) is 1. The normalized spacial score (nSPS) is 9.41. The van der Waals surface area contributed by atoms with E-state index >= 15 is 0 Å². The van der Waals surface area contributed by atoms with Gasteiger partial charge in [0.25, 0.3) is 0 Å². The quantitative estimate of drug-likeness (QED) is 0.661. The van der Waals surface area contributed by atoms with Gasteiger partial charge in [0.05, 0.1) is 17.9 Å². The van der Waals surface area contributed by atoms with E-state index < -0.39 is 6.09 Å². The third kappa shape index (κ3) is 3.96. The van der Waals surface area contributed by atoms with E-state index in [1.54, 1.807) is 7.11 Å². The van der Waals surface area contributed by atoms with Crippen LogP contribution in [0.2, 0.25) is 0 Å². The van der Waals surface area contributed by atoms with E-state index in [1.165, 1.54) is 12.3 Å². The van der Waals surface area contributed by atoms with Crippen LogP contribution in [0.5, 0.6) is 0 Å². The Balaban J connectivity index is 2.83. The van der Waals surface area contributed by atoms with E-state index in [0.717, 1.165) is 0 Å². The second-order valence-corrected chi connectivity index (χ2v) is 3.08. The number of aromatic nitrogens is 1. The van der Waals surface area contributed by atoms with Gasteiger partial charge in [-0.15, -0.1) is 0 Å². The minimum absolute atomic E-state index is 0.163. The molecular weight excluding hydrogens is 224 g/mol. The summed E-state index contributed by atoms with van der Waals surface area (Å²) >= 11 is 0. The Morgan fingerprint density at radius 3 is 3.06 bits per heavy atom. The van der Waals surface area contributed by atoms with Crippen LogP contribution in [0.25, 0.3) is 0 Å². The van der Waals surface area contributed by atoms with Gasteiger partial charge in [-0.1, -0.05) is 0 Å². The molecule has 1 rings (SSSR count). The number of rotatable bonds is 5. The molecular formula is C10H12N4O3. The third-order valence-electron chi connectivity index (χ3n) is 1.88. The van der Waals surface area contributed by atoms with Crippen LogP contribution >= 0.6 is 0 Å². The van der Waals surface area contributed by atoms with Crippen LogP contribution in [0, 0.1) is 11.3 Å². The maximum atomic E-state index is 10.4. The maximum absolute atomic E-state index is 10.4. The lowest BCUT2D eigenvalue weighted by Gasteiger charge is -2.08. The lowest BCUT2D eigenvalue weighted by molar-refractivity contribution is 0.209. The van der Waals surface area contributed by atoms with Crippen LogP contribution in [0.3, 0.4) is 0 Å². The van der Waals surface area contributed by atoms with Gasteiger partial charge in [0.2, 0.25) is 0 Å². The minimum atomic E-state index is -1.20. The number of amides is 1. The van der Waals surface area contributed by atoms with Crippen LogP contribution in [0.1, 0.15) is 5.56 Å². The number of hydrogen-bond acceptors (Lipinski definition) is 5. The van der Waals surface area contributed by atoms with Crippen LogP contribution < -0.4 is 10.6 Å². The van der Waals surface area contributed by atoms with E-state index in [-0.39, 0.29) is 5.82 Å². The van der Waals surface area contributed by atoms with Gasteiger partial charge in [0, 0.05) is 25.9 Å². The molecule has 0 aliphatic heterocycles. The summed E-state index contributed by atoms with van der Waals surface area (Å²) in [5, 5.41) is 22.5. The number of ether oxygens (including phenoxy) is 1. The van der Waals surface area contributed by atoms with Gasteiger partial charge in [-0.25, -0.2) is 9.78 Å². The summed E-state index contributed by atoms with van der Waals surface area (Å²) in [4.78, 5) is 14.2. The van der Waals surface area contributed by atoms with E-state index in [9.17, 15) is 4.79 Å². The average Bonchev–Trinajstić information content (AvgIpc) is 2.29. The molecule has 1 aromatic rings. The molecule has 7 heteroatoms. The van der Waals surface area contributed by atoms with Crippen LogP contribution in [-0.2, 0) is 4.74 Å². The van der Waals surface area contributed by atoms with E-state index in [4.69, 9.17) is 15.1 Å². The Morgan fingerprint density at radius 2 is 2.47 bits per heavy atom. The van der Waals surface area contributed by atoms with Crippen molar-refractivity contribution < 1.29 is 14.6 Å². The molecule has 0 aliphatic carbocycles. The SMILES string of the molecule is COCCNc1cc(NC(=O)O)ncc1C#N. The first kappa shape index (κ1) is 12.7. The molecule has 0 unspecified atom stereocenters. The molecule has 0 saturated heterocycles. The summed E-state index contributed by atoms with van der Waals surface area (Å²) in [5.41, 5.74) is 0.861. The van der Waals surface area contributed by atoms with E-state index in [2.05, 4.69) is 15.6 Å². The summed E-state index contributed by atoms with van der Waals surface area (Å²) in [7, 11) is 1.57. The average molecular weight is 236 g/mol. The van der Waals surface area contributed by atoms with Gasteiger partial charge in [-0.05, 0) is 0 Å². The molecule has 0 aliphatic rings. The van der Waals surface area contributed by atoms with Crippen molar-refractivity contribution in [1.82, 2.24) is 4.98 Å². The number of pyridine rings is 1. The highest BCUT2D eigenvalue weighted by atomic mass is 16.5. The Hall–Kier alpha value is -2.33. The van der Waals surface area contributed by atoms with Gasteiger partial charge in [0.15, 0.2) is 0 Å². The zero-order valence-electron chi connectivity index (χ0n) is 9.23. The predicted molar refractivity (Wildman–Crippen MR) is 61.0 cm³/mol. The van der Waals surface area contributed by atoms with Gasteiger partial charge in [0.1, 0.15) is 11.9 Å². The standard InChI is InChI=1S/C10H12N4O3/c1-17-3-2-12-8-4-9(14-10(15)16)13-6-7(8)5-11/h4,6H,2-3H2,1H3,(H,15,16)(H2,12,13,14). The largest absolute Gasteiger partial charge is 0.465 e. The fraction of sp³-hybridized carbons (Fsp3) is 0.300. The smallest absolute Gasteiger partial charge is 0.410 e. The lowest BCUT2D eigenvalue weighted by Crippen LogP contribution is -2.12. The number of nitrogens with one attached hydrogen (secondary N) is 2. The summed E-state index contributed by atoms with van der Waals surface area (Å²) in [6, 6.07) is 3.42. The number of methoxy groups -OCH3 is 1. The molecule has 1 amide bonds. The molecule has 1 heterocycles. The summed E-state index contributed by atoms with van der Waals surface area (Å²) in [5.74, 6) is 0.163. The Kier molecular flexibility index (Phi) is 4.72. The summed E-state index contributed by atoms with van der Waals surface area (Å²) < 4.78 is 4.86. The monoisotopic (exact) mass is 236 g/mol. The molecule has 0 radical (unpaired) electrons. The van der Waals surface area contributed by atoms with Gasteiger partial charge in [-0.2, -0.15) is 5.26 Å². The molecule has 0 spiro atoms. The Labute approximate surface area is 98.0 Å². The molecule has 1 aromatic heterocycles. The number of carbonyl (C=O) groups is 1. The molecule has 0 atom stereocenters. The molecule has 17 heavy (non-hydrogen) atoms. The summed E-state index contributed by atoms with van der Waals surface area (Å²) in [6.07, 6.45) is 0.102. The van der Waals surface area contributed by atoms with Crippen LogP contribution in [0.15, 0.2) is 12.3 Å². The third-order valence-corrected chi connectivity index (χ3v) is 1.88.